The predicted molar refractivity (Wildman–Crippen MR) is 121 cm³/mol. The summed E-state index contributed by atoms with van der Waals surface area (Å²) < 4.78 is 5.03. The van der Waals surface area contributed by atoms with Crippen LogP contribution in [0.1, 0.15) is 85.5 Å². The Morgan fingerprint density at radius 3 is 2.42 bits per heavy atom. The molecule has 0 aromatic heterocycles. The summed E-state index contributed by atoms with van der Waals surface area (Å²) in [5.74, 6) is 3.40. The number of hydrogen-bond acceptors (Lipinski definition) is 4. The molecule has 0 radical (unpaired) electrons. The summed E-state index contributed by atoms with van der Waals surface area (Å²) >= 11 is 0. The van der Waals surface area contributed by atoms with Crippen molar-refractivity contribution >= 4 is 6.09 Å². The minimum absolute atomic E-state index is 0.191. The van der Waals surface area contributed by atoms with Crippen LogP contribution in [-0.4, -0.2) is 35.1 Å². The number of amides is 1. The van der Waals surface area contributed by atoms with Gasteiger partial charge in [-0.2, -0.15) is 0 Å². The van der Waals surface area contributed by atoms with Crippen molar-refractivity contribution in [2.24, 2.45) is 58.0 Å². The largest absolute Gasteiger partial charge is 0.450 e. The van der Waals surface area contributed by atoms with Crippen molar-refractivity contribution in [1.82, 2.24) is 0 Å². The molecule has 4 saturated carbocycles. The third-order valence-corrected chi connectivity index (χ3v) is 11.0. The SMILES string of the molecule is CC[C@H]1[C@@H](O)C2[C@H](CC[C@]3(C)[C@@H]([C@H](C)CCOC(N)=O)CC[C@@H]23)[C@]2(C)CC[C@@H](O)C[C@@H]12. The van der Waals surface area contributed by atoms with E-state index in [4.69, 9.17) is 10.5 Å². The first kappa shape index (κ1) is 23.4. The van der Waals surface area contributed by atoms with Crippen molar-refractivity contribution in [3.8, 4) is 0 Å². The molecule has 4 N–H and O–H groups in total. The minimum atomic E-state index is -0.681. The Kier molecular flexibility index (Phi) is 6.42. The molecule has 11 atom stereocenters. The number of nitrogens with two attached hydrogens (primary N) is 1. The van der Waals surface area contributed by atoms with E-state index in [0.717, 1.165) is 32.1 Å². The van der Waals surface area contributed by atoms with E-state index in [-0.39, 0.29) is 23.0 Å². The predicted octanol–water partition coefficient (Wildman–Crippen LogP) is 4.73. The van der Waals surface area contributed by atoms with E-state index < -0.39 is 6.09 Å². The first-order valence-electron chi connectivity index (χ1n) is 12.9. The zero-order valence-electron chi connectivity index (χ0n) is 20.1. The Balaban J connectivity index is 1.57. The fourth-order valence-corrected chi connectivity index (χ4v) is 9.48. The van der Waals surface area contributed by atoms with Crippen LogP contribution in [0.4, 0.5) is 4.79 Å². The Morgan fingerprint density at radius 1 is 1.06 bits per heavy atom. The van der Waals surface area contributed by atoms with E-state index in [9.17, 15) is 15.0 Å². The van der Waals surface area contributed by atoms with Crippen LogP contribution in [0.5, 0.6) is 0 Å². The highest BCUT2D eigenvalue weighted by Gasteiger charge is 2.64. The van der Waals surface area contributed by atoms with Gasteiger partial charge in [-0.1, -0.05) is 34.1 Å². The molecular weight excluding hydrogens is 390 g/mol. The molecule has 4 aliphatic carbocycles. The van der Waals surface area contributed by atoms with Gasteiger partial charge < -0.3 is 20.7 Å². The standard InChI is InChI=1S/C26H45NO4/c1-5-17-21-14-16(28)8-11-26(21,4)20-9-12-25(3)18(15(2)10-13-31-24(27)30)6-7-19(25)22(20)23(17)29/h15-23,28-29H,5-14H2,1-4H3,(H2,27,30)/t15-,16-,17-,18-,19+,20+,21+,22?,23-,25-,26+/m1/s1. The normalized spacial score (nSPS) is 50.1. The number of aliphatic hydroxyl groups is 2. The Morgan fingerprint density at radius 2 is 1.74 bits per heavy atom. The fourth-order valence-electron chi connectivity index (χ4n) is 9.48. The maximum absolute atomic E-state index is 11.7. The number of carbonyl (C=O) groups is 1. The van der Waals surface area contributed by atoms with Crippen LogP contribution in [0.2, 0.25) is 0 Å². The third kappa shape index (κ3) is 3.72. The molecule has 4 aliphatic rings. The zero-order valence-corrected chi connectivity index (χ0v) is 20.1. The van der Waals surface area contributed by atoms with Gasteiger partial charge in [0, 0.05) is 0 Å². The van der Waals surface area contributed by atoms with Gasteiger partial charge in [0.1, 0.15) is 0 Å². The first-order valence-corrected chi connectivity index (χ1v) is 12.9. The molecular formula is C26H45NO4. The van der Waals surface area contributed by atoms with Crippen LogP contribution in [0.3, 0.4) is 0 Å². The molecule has 0 aliphatic heterocycles. The summed E-state index contributed by atoms with van der Waals surface area (Å²) in [7, 11) is 0. The van der Waals surface area contributed by atoms with Crippen molar-refractivity contribution < 1.29 is 19.7 Å². The van der Waals surface area contributed by atoms with Gasteiger partial charge in [0.15, 0.2) is 0 Å². The smallest absolute Gasteiger partial charge is 0.404 e. The van der Waals surface area contributed by atoms with E-state index in [1.807, 2.05) is 0 Å². The summed E-state index contributed by atoms with van der Waals surface area (Å²) in [5, 5.41) is 22.2. The Bertz CT molecular complexity index is 670. The molecule has 1 unspecified atom stereocenters. The second-order valence-electron chi connectivity index (χ2n) is 12.1. The van der Waals surface area contributed by atoms with Crippen LogP contribution in [0.15, 0.2) is 0 Å². The van der Waals surface area contributed by atoms with E-state index in [2.05, 4.69) is 27.7 Å². The number of carbonyl (C=O) groups excluding carboxylic acids is 1. The molecule has 0 bridgehead atoms. The lowest BCUT2D eigenvalue weighted by Gasteiger charge is -2.64. The summed E-state index contributed by atoms with van der Waals surface area (Å²) in [6.07, 6.45) is 8.52. The lowest BCUT2D eigenvalue weighted by atomic mass is 9.41. The molecule has 4 rings (SSSR count). The lowest BCUT2D eigenvalue weighted by molar-refractivity contribution is -0.203. The van der Waals surface area contributed by atoms with Crippen molar-refractivity contribution in [2.45, 2.75) is 97.7 Å². The average molecular weight is 436 g/mol. The molecule has 31 heavy (non-hydrogen) atoms. The molecule has 5 nitrogen and oxygen atoms in total. The molecule has 1 amide bonds. The van der Waals surface area contributed by atoms with E-state index >= 15 is 0 Å². The van der Waals surface area contributed by atoms with Crippen molar-refractivity contribution in [1.29, 1.82) is 0 Å². The third-order valence-electron chi connectivity index (χ3n) is 11.0. The number of fused-ring (bicyclic) bond motifs is 5. The van der Waals surface area contributed by atoms with Gasteiger partial charge in [0.25, 0.3) is 0 Å². The Hall–Kier alpha value is -0.810. The van der Waals surface area contributed by atoms with E-state index in [1.54, 1.807) is 0 Å². The lowest BCUT2D eigenvalue weighted by Crippen LogP contribution is -2.62. The van der Waals surface area contributed by atoms with Gasteiger partial charge in [-0.15, -0.1) is 0 Å². The van der Waals surface area contributed by atoms with Crippen molar-refractivity contribution in [3.63, 3.8) is 0 Å². The highest BCUT2D eigenvalue weighted by Crippen LogP contribution is 2.69. The fraction of sp³-hybridized carbons (Fsp3) is 0.962. The molecule has 0 aromatic rings. The molecule has 0 heterocycles. The molecule has 0 aromatic carbocycles. The van der Waals surface area contributed by atoms with Crippen LogP contribution >= 0.6 is 0 Å². The average Bonchev–Trinajstić information content (AvgIpc) is 3.06. The maximum atomic E-state index is 11.7. The summed E-state index contributed by atoms with van der Waals surface area (Å²) in [5.41, 5.74) is 5.66. The second-order valence-corrected chi connectivity index (χ2v) is 12.1. The van der Waals surface area contributed by atoms with Crippen LogP contribution in [0.25, 0.3) is 0 Å². The molecule has 4 fully saturated rings. The topological polar surface area (TPSA) is 92.8 Å². The van der Waals surface area contributed by atoms with Gasteiger partial charge in [0.2, 0.25) is 0 Å². The summed E-state index contributed by atoms with van der Waals surface area (Å²) in [6.45, 7) is 9.93. The van der Waals surface area contributed by atoms with Gasteiger partial charge in [-0.3, -0.25) is 0 Å². The van der Waals surface area contributed by atoms with Crippen LogP contribution in [-0.2, 0) is 4.74 Å². The number of aliphatic hydroxyl groups excluding tert-OH is 2. The molecule has 0 spiro atoms. The maximum Gasteiger partial charge on any atom is 0.404 e. The second kappa shape index (κ2) is 8.52. The number of hydrogen-bond donors (Lipinski definition) is 3. The number of primary amides is 1. The first-order chi connectivity index (χ1) is 14.6. The van der Waals surface area contributed by atoms with Crippen LogP contribution in [0, 0.1) is 52.3 Å². The van der Waals surface area contributed by atoms with E-state index in [0.29, 0.717) is 48.0 Å². The molecule has 0 saturated heterocycles. The monoisotopic (exact) mass is 435 g/mol. The van der Waals surface area contributed by atoms with Gasteiger partial charge in [-0.25, -0.2) is 4.79 Å². The van der Waals surface area contributed by atoms with Crippen LogP contribution < -0.4 is 5.73 Å². The van der Waals surface area contributed by atoms with Gasteiger partial charge in [0.05, 0.1) is 18.8 Å². The highest BCUT2D eigenvalue weighted by molar-refractivity contribution is 5.64. The quantitative estimate of drug-likeness (QED) is 0.582. The van der Waals surface area contributed by atoms with Gasteiger partial charge in [-0.05, 0) is 104 Å². The molecule has 178 valence electrons. The zero-order chi connectivity index (χ0) is 22.6. The van der Waals surface area contributed by atoms with Gasteiger partial charge >= 0.3 is 6.09 Å². The molecule has 5 heteroatoms. The minimum Gasteiger partial charge on any atom is -0.450 e. The summed E-state index contributed by atoms with van der Waals surface area (Å²) in [4.78, 5) is 11.0. The Labute approximate surface area is 188 Å². The summed E-state index contributed by atoms with van der Waals surface area (Å²) in [6, 6.07) is 0. The highest BCUT2D eigenvalue weighted by atomic mass is 16.5. The number of ether oxygens (including phenoxy) is 1. The van der Waals surface area contributed by atoms with Crippen molar-refractivity contribution in [2.75, 3.05) is 6.61 Å². The van der Waals surface area contributed by atoms with Crippen molar-refractivity contribution in [3.05, 3.63) is 0 Å². The van der Waals surface area contributed by atoms with E-state index in [1.165, 1.54) is 25.7 Å². The number of rotatable bonds is 5.